The van der Waals surface area contributed by atoms with E-state index in [0.717, 1.165) is 0 Å². The molecule has 0 aromatic rings. The average molecular weight is 365 g/mol. The van der Waals surface area contributed by atoms with Gasteiger partial charge in [-0.15, -0.1) is 0 Å². The fourth-order valence-corrected chi connectivity index (χ4v) is 1.51. The first kappa shape index (κ1) is 22.9. The Balaban J connectivity index is 4.22. The normalized spacial score (nSPS) is 10.2. The van der Waals surface area contributed by atoms with Crippen LogP contribution in [0.5, 0.6) is 0 Å². The van der Waals surface area contributed by atoms with Crippen molar-refractivity contribution in [3.05, 3.63) is 0 Å². The number of ether oxygens (including phenoxy) is 3. The highest BCUT2D eigenvalue weighted by Crippen LogP contribution is 2.00. The molecular weight excluding hydrogens is 338 g/mol. The lowest BCUT2D eigenvalue weighted by Crippen LogP contribution is -2.35. The summed E-state index contributed by atoms with van der Waals surface area (Å²) in [5, 5.41) is 24.3. The number of amides is 3. The standard InChI is InChI=1S/C14H27N3O8/c1-15-12(20)3-2-8-23-11(9-24-13(21)16-4-6-18)10-25-14(22)17-5-7-19/h11,18-19H,2-10H2,1H3,(H,15,20)(H,16,21)(H,17,22). The second-order valence-electron chi connectivity index (χ2n) is 4.77. The van der Waals surface area contributed by atoms with Gasteiger partial charge in [0.15, 0.2) is 0 Å². The van der Waals surface area contributed by atoms with E-state index in [0.29, 0.717) is 6.42 Å². The Hall–Kier alpha value is -2.11. The van der Waals surface area contributed by atoms with E-state index in [9.17, 15) is 14.4 Å². The Morgan fingerprint density at radius 1 is 0.960 bits per heavy atom. The highest BCUT2D eigenvalue weighted by atomic mass is 16.6. The molecule has 0 rings (SSSR count). The van der Waals surface area contributed by atoms with Gasteiger partial charge >= 0.3 is 12.2 Å². The fourth-order valence-electron chi connectivity index (χ4n) is 1.51. The van der Waals surface area contributed by atoms with Crippen molar-refractivity contribution < 1.29 is 38.8 Å². The summed E-state index contributed by atoms with van der Waals surface area (Å²) < 4.78 is 15.3. The zero-order valence-corrected chi connectivity index (χ0v) is 14.3. The van der Waals surface area contributed by atoms with E-state index in [4.69, 9.17) is 24.4 Å². The quantitative estimate of drug-likeness (QED) is 0.243. The van der Waals surface area contributed by atoms with Crippen LogP contribution in [0.3, 0.4) is 0 Å². The average Bonchev–Trinajstić information content (AvgIpc) is 2.62. The highest BCUT2D eigenvalue weighted by Gasteiger charge is 2.15. The summed E-state index contributed by atoms with van der Waals surface area (Å²) in [4.78, 5) is 33.8. The van der Waals surface area contributed by atoms with Gasteiger partial charge in [0.05, 0.1) is 13.2 Å². The Labute approximate surface area is 146 Å². The molecule has 0 fully saturated rings. The van der Waals surface area contributed by atoms with Crippen LogP contribution in [0.1, 0.15) is 12.8 Å². The van der Waals surface area contributed by atoms with Gasteiger partial charge in [-0.2, -0.15) is 0 Å². The van der Waals surface area contributed by atoms with E-state index in [1.165, 1.54) is 7.05 Å². The molecular formula is C14H27N3O8. The second kappa shape index (κ2) is 15.4. The van der Waals surface area contributed by atoms with E-state index < -0.39 is 18.3 Å². The van der Waals surface area contributed by atoms with Crippen molar-refractivity contribution in [3.8, 4) is 0 Å². The number of carbonyl (C=O) groups is 3. The van der Waals surface area contributed by atoms with Crippen molar-refractivity contribution in [2.75, 3.05) is 53.2 Å². The number of hydrogen-bond acceptors (Lipinski definition) is 8. The molecule has 0 aromatic carbocycles. The molecule has 0 saturated heterocycles. The molecule has 5 N–H and O–H groups in total. The Bertz CT molecular complexity index is 370. The molecule has 0 aliphatic carbocycles. The molecule has 11 heteroatoms. The van der Waals surface area contributed by atoms with Crippen molar-refractivity contribution in [1.29, 1.82) is 0 Å². The molecule has 0 aliphatic heterocycles. The van der Waals surface area contributed by atoms with Crippen molar-refractivity contribution >= 4 is 18.1 Å². The summed E-state index contributed by atoms with van der Waals surface area (Å²) in [6.07, 6.45) is -1.47. The van der Waals surface area contributed by atoms with Crippen LogP contribution in [0.25, 0.3) is 0 Å². The van der Waals surface area contributed by atoms with Gasteiger partial charge in [0.1, 0.15) is 19.3 Å². The fraction of sp³-hybridized carbons (Fsp3) is 0.786. The molecule has 0 bridgehead atoms. The van der Waals surface area contributed by atoms with Gasteiger partial charge in [0, 0.05) is 33.2 Å². The molecule has 11 nitrogen and oxygen atoms in total. The number of alkyl carbamates (subject to hydrolysis) is 2. The van der Waals surface area contributed by atoms with Gasteiger partial charge in [-0.1, -0.05) is 0 Å². The zero-order valence-electron chi connectivity index (χ0n) is 14.3. The van der Waals surface area contributed by atoms with Gasteiger partial charge in [0.2, 0.25) is 5.91 Å². The number of carbonyl (C=O) groups excluding carboxylic acids is 3. The first-order valence-corrected chi connectivity index (χ1v) is 7.88. The molecule has 25 heavy (non-hydrogen) atoms. The maximum Gasteiger partial charge on any atom is 0.407 e. The van der Waals surface area contributed by atoms with Crippen LogP contribution < -0.4 is 16.0 Å². The summed E-state index contributed by atoms with van der Waals surface area (Å²) in [6.45, 7) is -0.477. The largest absolute Gasteiger partial charge is 0.447 e. The number of aliphatic hydroxyl groups is 2. The van der Waals surface area contributed by atoms with Crippen LogP contribution in [0.2, 0.25) is 0 Å². The van der Waals surface area contributed by atoms with Crippen LogP contribution in [-0.4, -0.2) is 87.6 Å². The molecule has 0 radical (unpaired) electrons. The summed E-state index contributed by atoms with van der Waals surface area (Å²) in [5.74, 6) is -0.126. The van der Waals surface area contributed by atoms with Gasteiger partial charge in [-0.3, -0.25) is 4.79 Å². The summed E-state index contributed by atoms with van der Waals surface area (Å²) in [6, 6.07) is 0. The third-order valence-corrected chi connectivity index (χ3v) is 2.74. The monoisotopic (exact) mass is 365 g/mol. The molecule has 0 aromatic heterocycles. The van der Waals surface area contributed by atoms with Gasteiger partial charge in [-0.05, 0) is 6.42 Å². The first-order chi connectivity index (χ1) is 12.0. The molecule has 0 aliphatic rings. The van der Waals surface area contributed by atoms with Crippen LogP contribution in [-0.2, 0) is 19.0 Å². The lowest BCUT2D eigenvalue weighted by molar-refractivity contribution is -0.121. The van der Waals surface area contributed by atoms with E-state index >= 15 is 0 Å². The second-order valence-corrected chi connectivity index (χ2v) is 4.77. The smallest absolute Gasteiger partial charge is 0.407 e. The number of nitrogens with one attached hydrogen (secondary N) is 3. The third kappa shape index (κ3) is 14.0. The van der Waals surface area contributed by atoms with E-state index in [1.807, 2.05) is 0 Å². The SMILES string of the molecule is CNC(=O)CCCOC(COC(=O)NCCO)COC(=O)NCCO. The van der Waals surface area contributed by atoms with E-state index in [1.54, 1.807) is 0 Å². The molecule has 0 unspecified atom stereocenters. The molecule has 0 atom stereocenters. The number of aliphatic hydroxyl groups excluding tert-OH is 2. The minimum absolute atomic E-state index is 0.0521. The molecule has 146 valence electrons. The van der Waals surface area contributed by atoms with Crippen LogP contribution >= 0.6 is 0 Å². The van der Waals surface area contributed by atoms with Crippen LogP contribution in [0.4, 0.5) is 9.59 Å². The van der Waals surface area contributed by atoms with Crippen molar-refractivity contribution in [2.45, 2.75) is 18.9 Å². The Morgan fingerprint density at radius 2 is 1.48 bits per heavy atom. The third-order valence-electron chi connectivity index (χ3n) is 2.74. The van der Waals surface area contributed by atoms with Crippen LogP contribution in [0.15, 0.2) is 0 Å². The Kier molecular flexibility index (Phi) is 14.1. The van der Waals surface area contributed by atoms with E-state index in [-0.39, 0.29) is 58.5 Å². The molecule has 0 saturated carbocycles. The van der Waals surface area contributed by atoms with Crippen LogP contribution in [0, 0.1) is 0 Å². The topological polar surface area (TPSA) is 155 Å². The summed E-state index contributed by atoms with van der Waals surface area (Å²) in [7, 11) is 1.53. The highest BCUT2D eigenvalue weighted by molar-refractivity contribution is 5.75. The zero-order chi connectivity index (χ0) is 18.9. The Morgan fingerprint density at radius 3 is 1.92 bits per heavy atom. The van der Waals surface area contributed by atoms with E-state index in [2.05, 4.69) is 16.0 Å². The summed E-state index contributed by atoms with van der Waals surface area (Å²) >= 11 is 0. The maximum atomic E-state index is 11.3. The lowest BCUT2D eigenvalue weighted by atomic mass is 10.3. The minimum atomic E-state index is -0.738. The lowest BCUT2D eigenvalue weighted by Gasteiger charge is -2.18. The molecule has 0 spiro atoms. The van der Waals surface area contributed by atoms with Crippen molar-refractivity contribution in [3.63, 3.8) is 0 Å². The van der Waals surface area contributed by atoms with Gasteiger partial charge in [0.25, 0.3) is 0 Å². The molecule has 3 amide bonds. The van der Waals surface area contributed by atoms with Gasteiger partial charge in [-0.25, -0.2) is 9.59 Å². The first-order valence-electron chi connectivity index (χ1n) is 7.88. The predicted octanol–water partition coefficient (Wildman–Crippen LogP) is -1.67. The molecule has 0 heterocycles. The van der Waals surface area contributed by atoms with Crippen molar-refractivity contribution in [2.24, 2.45) is 0 Å². The van der Waals surface area contributed by atoms with Gasteiger partial charge < -0.3 is 40.4 Å². The minimum Gasteiger partial charge on any atom is -0.447 e. The number of rotatable bonds is 13. The summed E-state index contributed by atoms with van der Waals surface area (Å²) in [5.41, 5.74) is 0. The van der Waals surface area contributed by atoms with Crippen molar-refractivity contribution in [1.82, 2.24) is 16.0 Å². The predicted molar refractivity (Wildman–Crippen MR) is 85.9 cm³/mol. The maximum absolute atomic E-state index is 11.3. The number of hydrogen-bond donors (Lipinski definition) is 5.